The molecule has 1 spiro atoms. The van der Waals surface area contributed by atoms with Crippen molar-refractivity contribution in [2.24, 2.45) is 0 Å². The van der Waals surface area contributed by atoms with Crippen LogP contribution in [0.4, 0.5) is 0 Å². The predicted molar refractivity (Wildman–Crippen MR) is 90.9 cm³/mol. The van der Waals surface area contributed by atoms with E-state index in [0.29, 0.717) is 25.0 Å². The Hall–Kier alpha value is -2.08. The van der Waals surface area contributed by atoms with Crippen LogP contribution in [0, 0.1) is 0 Å². The molecule has 128 valence electrons. The van der Waals surface area contributed by atoms with Gasteiger partial charge in [-0.15, -0.1) is 0 Å². The lowest BCUT2D eigenvalue weighted by atomic mass is 9.97. The molecule has 2 aliphatic heterocycles. The van der Waals surface area contributed by atoms with Gasteiger partial charge in [0.25, 0.3) is 0 Å². The van der Waals surface area contributed by atoms with Crippen molar-refractivity contribution >= 4 is 17.0 Å². The molecule has 1 N–H and O–H groups in total. The molecule has 0 bridgehead atoms. The number of rotatable bonds is 4. The number of carbonyl (C=O) groups excluding carboxylic acids is 1. The summed E-state index contributed by atoms with van der Waals surface area (Å²) >= 11 is 0. The highest BCUT2D eigenvalue weighted by atomic mass is 16.4. The van der Waals surface area contributed by atoms with Crippen LogP contribution in [-0.4, -0.2) is 40.5 Å². The minimum absolute atomic E-state index is 0.174. The van der Waals surface area contributed by atoms with Gasteiger partial charge >= 0.3 is 5.76 Å². The summed E-state index contributed by atoms with van der Waals surface area (Å²) < 4.78 is 6.84. The fourth-order valence-electron chi connectivity index (χ4n) is 4.07. The number of oxazole rings is 1. The minimum Gasteiger partial charge on any atom is -0.408 e. The fraction of sp³-hybridized carbons (Fsp3) is 0.556. The summed E-state index contributed by atoms with van der Waals surface area (Å²) in [6.07, 6.45) is 4.57. The molecule has 2 aliphatic rings. The average molecular weight is 329 g/mol. The molecule has 4 rings (SSSR count). The van der Waals surface area contributed by atoms with E-state index in [4.69, 9.17) is 4.42 Å². The number of nitrogens with one attached hydrogen (secondary N) is 1. The van der Waals surface area contributed by atoms with Crippen LogP contribution in [0.25, 0.3) is 11.1 Å². The third kappa shape index (κ3) is 2.75. The standard InChI is InChI=1S/C18H23N3O3/c22-16(20-12-9-18(13-20)8-4-10-19-18)7-3-11-21-14-5-1-2-6-15(14)24-17(21)23/h1-2,5-6,19H,3-4,7-13H2. The molecular weight excluding hydrogens is 306 g/mol. The number of carbonyl (C=O) groups is 1. The molecule has 6 nitrogen and oxygen atoms in total. The molecule has 0 aliphatic carbocycles. The second kappa shape index (κ2) is 6.09. The van der Waals surface area contributed by atoms with Crippen LogP contribution in [0.3, 0.4) is 0 Å². The van der Waals surface area contributed by atoms with Crippen molar-refractivity contribution in [3.63, 3.8) is 0 Å². The molecule has 1 atom stereocenters. The van der Waals surface area contributed by atoms with Crippen LogP contribution in [0.1, 0.15) is 32.1 Å². The van der Waals surface area contributed by atoms with E-state index in [-0.39, 0.29) is 17.2 Å². The van der Waals surface area contributed by atoms with Gasteiger partial charge in [-0.05, 0) is 44.4 Å². The number of benzene rings is 1. The van der Waals surface area contributed by atoms with Crippen molar-refractivity contribution in [3.8, 4) is 0 Å². The van der Waals surface area contributed by atoms with E-state index in [1.165, 1.54) is 12.8 Å². The summed E-state index contributed by atoms with van der Waals surface area (Å²) in [5.74, 6) is -0.152. The maximum absolute atomic E-state index is 12.4. The average Bonchev–Trinajstić information content (AvgIpc) is 3.29. The zero-order valence-electron chi connectivity index (χ0n) is 13.8. The first kappa shape index (κ1) is 15.4. The molecule has 2 saturated heterocycles. The first-order chi connectivity index (χ1) is 11.7. The van der Waals surface area contributed by atoms with Crippen LogP contribution in [0.5, 0.6) is 0 Å². The Morgan fingerprint density at radius 2 is 2.17 bits per heavy atom. The zero-order chi connectivity index (χ0) is 16.6. The summed E-state index contributed by atoms with van der Waals surface area (Å²) in [6, 6.07) is 7.39. The molecular formula is C18H23N3O3. The van der Waals surface area contributed by atoms with Crippen molar-refractivity contribution in [2.75, 3.05) is 19.6 Å². The van der Waals surface area contributed by atoms with Gasteiger partial charge in [0.05, 0.1) is 5.52 Å². The van der Waals surface area contributed by atoms with Gasteiger partial charge in [0, 0.05) is 31.6 Å². The lowest BCUT2D eigenvalue weighted by Gasteiger charge is -2.24. The number of nitrogens with zero attached hydrogens (tertiary/aromatic N) is 2. The van der Waals surface area contributed by atoms with Crippen molar-refractivity contribution in [1.82, 2.24) is 14.8 Å². The maximum atomic E-state index is 12.4. The Morgan fingerprint density at radius 3 is 3.00 bits per heavy atom. The monoisotopic (exact) mass is 329 g/mol. The topological polar surface area (TPSA) is 67.5 Å². The van der Waals surface area contributed by atoms with Crippen molar-refractivity contribution < 1.29 is 9.21 Å². The van der Waals surface area contributed by atoms with Crippen LogP contribution >= 0.6 is 0 Å². The fourth-order valence-corrected chi connectivity index (χ4v) is 4.07. The van der Waals surface area contributed by atoms with Crippen LogP contribution in [0.2, 0.25) is 0 Å². The molecule has 3 heterocycles. The molecule has 24 heavy (non-hydrogen) atoms. The Labute approximate surface area is 140 Å². The Balaban J connectivity index is 1.35. The van der Waals surface area contributed by atoms with Crippen molar-refractivity contribution in [3.05, 3.63) is 34.8 Å². The molecule has 0 radical (unpaired) electrons. The van der Waals surface area contributed by atoms with Crippen LogP contribution in [0.15, 0.2) is 33.5 Å². The maximum Gasteiger partial charge on any atom is 0.419 e. The molecule has 2 aromatic rings. The highest BCUT2D eigenvalue weighted by molar-refractivity contribution is 5.76. The molecule has 1 unspecified atom stereocenters. The van der Waals surface area contributed by atoms with Crippen molar-refractivity contribution in [2.45, 2.75) is 44.2 Å². The largest absolute Gasteiger partial charge is 0.419 e. The summed E-state index contributed by atoms with van der Waals surface area (Å²) in [6.45, 7) is 3.26. The van der Waals surface area contributed by atoms with Gasteiger partial charge in [0.1, 0.15) is 0 Å². The molecule has 1 aromatic heterocycles. The van der Waals surface area contributed by atoms with Crippen molar-refractivity contribution in [1.29, 1.82) is 0 Å². The number of amides is 1. The van der Waals surface area contributed by atoms with E-state index in [9.17, 15) is 9.59 Å². The van der Waals surface area contributed by atoms with Gasteiger partial charge in [-0.3, -0.25) is 9.36 Å². The van der Waals surface area contributed by atoms with E-state index >= 15 is 0 Å². The van der Waals surface area contributed by atoms with E-state index in [1.54, 1.807) is 10.6 Å². The number of hydrogen-bond donors (Lipinski definition) is 1. The quantitative estimate of drug-likeness (QED) is 0.928. The summed E-state index contributed by atoms with van der Waals surface area (Å²) in [4.78, 5) is 26.4. The van der Waals surface area contributed by atoms with Gasteiger partial charge in [0.15, 0.2) is 5.58 Å². The van der Waals surface area contributed by atoms with Gasteiger partial charge in [-0.2, -0.15) is 0 Å². The Kier molecular flexibility index (Phi) is 3.92. The molecule has 0 saturated carbocycles. The molecule has 1 aromatic carbocycles. The smallest absolute Gasteiger partial charge is 0.408 e. The highest BCUT2D eigenvalue weighted by Crippen LogP contribution is 2.30. The first-order valence-electron chi connectivity index (χ1n) is 8.78. The second-order valence-corrected chi connectivity index (χ2v) is 6.97. The van der Waals surface area contributed by atoms with E-state index in [2.05, 4.69) is 5.32 Å². The normalized spacial score (nSPS) is 23.6. The third-order valence-corrected chi connectivity index (χ3v) is 5.38. The van der Waals surface area contributed by atoms with Gasteiger partial charge in [-0.25, -0.2) is 4.79 Å². The number of aromatic nitrogens is 1. The molecule has 1 amide bonds. The second-order valence-electron chi connectivity index (χ2n) is 6.97. The minimum atomic E-state index is -0.348. The number of hydrogen-bond acceptors (Lipinski definition) is 4. The SMILES string of the molecule is O=C(CCCn1c(=O)oc2ccccc21)N1CCC2(CCCN2)C1. The van der Waals surface area contributed by atoms with Gasteiger partial charge in [0.2, 0.25) is 5.91 Å². The lowest BCUT2D eigenvalue weighted by molar-refractivity contribution is -0.130. The van der Waals surface area contributed by atoms with E-state index in [1.807, 2.05) is 23.1 Å². The number of likely N-dealkylation sites (tertiary alicyclic amines) is 1. The Morgan fingerprint density at radius 1 is 1.29 bits per heavy atom. The number of aryl methyl sites for hydroxylation is 1. The van der Waals surface area contributed by atoms with Gasteiger partial charge in [-0.1, -0.05) is 12.1 Å². The van der Waals surface area contributed by atoms with E-state index < -0.39 is 0 Å². The molecule has 2 fully saturated rings. The van der Waals surface area contributed by atoms with Crippen LogP contribution < -0.4 is 11.1 Å². The number of fused-ring (bicyclic) bond motifs is 1. The predicted octanol–water partition coefficient (Wildman–Crippen LogP) is 1.73. The number of para-hydroxylation sites is 2. The van der Waals surface area contributed by atoms with E-state index in [0.717, 1.165) is 31.6 Å². The zero-order valence-corrected chi connectivity index (χ0v) is 13.8. The lowest BCUT2D eigenvalue weighted by Crippen LogP contribution is -2.43. The summed E-state index contributed by atoms with van der Waals surface area (Å²) in [5, 5.41) is 3.57. The highest BCUT2D eigenvalue weighted by Gasteiger charge is 2.41. The summed E-state index contributed by atoms with van der Waals surface area (Å²) in [5.41, 5.74) is 1.57. The summed E-state index contributed by atoms with van der Waals surface area (Å²) in [7, 11) is 0. The first-order valence-corrected chi connectivity index (χ1v) is 8.78. The Bertz CT molecular complexity index is 801. The van der Waals surface area contributed by atoms with Crippen LogP contribution in [-0.2, 0) is 11.3 Å². The van der Waals surface area contributed by atoms with Gasteiger partial charge < -0.3 is 14.6 Å². The third-order valence-electron chi connectivity index (χ3n) is 5.38. The molecule has 6 heteroatoms.